The minimum Gasteiger partial charge on any atom is -0.444 e. The van der Waals surface area contributed by atoms with Crippen molar-refractivity contribution in [2.75, 3.05) is 0 Å². The summed E-state index contributed by atoms with van der Waals surface area (Å²) in [6.07, 6.45) is 10.8. The van der Waals surface area contributed by atoms with Crippen LogP contribution in [0.5, 0.6) is 0 Å². The van der Waals surface area contributed by atoms with Crippen LogP contribution in [0.3, 0.4) is 0 Å². The third-order valence-corrected chi connectivity index (χ3v) is 7.82. The number of hydrogen-bond donors (Lipinski definition) is 1. The number of nitrogens with one attached hydrogen (secondary N) is 1. The minimum absolute atomic E-state index is 0.244. The van der Waals surface area contributed by atoms with Crippen LogP contribution in [0.15, 0.2) is 17.0 Å². The number of carbonyl (C=O) groups is 2. The molecule has 1 amide bonds. The van der Waals surface area contributed by atoms with E-state index in [2.05, 4.69) is 15.5 Å². The Morgan fingerprint density at radius 3 is 2.24 bits per heavy atom. The molecule has 208 valence electrons. The van der Waals surface area contributed by atoms with Gasteiger partial charge in [0.25, 0.3) is 0 Å². The molecule has 6 rings (SSSR count). The van der Waals surface area contributed by atoms with E-state index in [0.29, 0.717) is 17.4 Å². The highest BCUT2D eigenvalue weighted by molar-refractivity contribution is 5.70. The largest absolute Gasteiger partial charge is 0.444 e. The second-order valence-corrected chi connectivity index (χ2v) is 13.8. The zero-order chi connectivity index (χ0) is 27.3. The molecule has 1 N–H and O–H groups in total. The van der Waals surface area contributed by atoms with Crippen LogP contribution < -0.4 is 5.32 Å². The van der Waals surface area contributed by atoms with Crippen molar-refractivity contribution < 1.29 is 23.6 Å². The summed E-state index contributed by atoms with van der Waals surface area (Å²) in [6, 6.07) is -0.663. The Bertz CT molecular complexity index is 1140. The van der Waals surface area contributed by atoms with E-state index in [1.165, 1.54) is 49.4 Å². The van der Waals surface area contributed by atoms with Crippen molar-refractivity contribution in [2.24, 2.45) is 23.2 Å². The van der Waals surface area contributed by atoms with Crippen molar-refractivity contribution in [3.05, 3.63) is 29.9 Å². The summed E-state index contributed by atoms with van der Waals surface area (Å²) in [5.74, 6) is 3.53. The van der Waals surface area contributed by atoms with Gasteiger partial charge in [-0.25, -0.2) is 19.1 Å². The summed E-state index contributed by atoms with van der Waals surface area (Å²) >= 11 is 0. The topological polar surface area (TPSA) is 121 Å². The standard InChI is InChI=1S/C28H41N5O5/c1-26(2,3)36-24(34)30-21(10-20-15-33(16-29-20)25(35)37-27(4,5)6)23-31-22(32-38-23)14-28-11-17-7-18(12-28)9-19(8-17)13-28/h15-19,21H,7-14H2,1-6H3,(H,30,34)/t17?,18?,19?,21-,28?/m0/s1. The van der Waals surface area contributed by atoms with Gasteiger partial charge in [-0.15, -0.1) is 0 Å². The number of aromatic nitrogens is 4. The molecule has 4 aliphatic rings. The number of imidazole rings is 1. The van der Waals surface area contributed by atoms with Crippen LogP contribution in [0.1, 0.15) is 104 Å². The van der Waals surface area contributed by atoms with Gasteiger partial charge in [0.05, 0.1) is 5.69 Å². The van der Waals surface area contributed by atoms with Crippen molar-refractivity contribution in [2.45, 2.75) is 110 Å². The van der Waals surface area contributed by atoms with Crippen molar-refractivity contribution in [3.8, 4) is 0 Å². The van der Waals surface area contributed by atoms with Gasteiger partial charge >= 0.3 is 12.2 Å². The Morgan fingerprint density at radius 2 is 1.66 bits per heavy atom. The maximum Gasteiger partial charge on any atom is 0.419 e. The second kappa shape index (κ2) is 9.68. The summed E-state index contributed by atoms with van der Waals surface area (Å²) < 4.78 is 17.9. The Kier molecular flexibility index (Phi) is 6.80. The fourth-order valence-corrected chi connectivity index (χ4v) is 7.07. The predicted molar refractivity (Wildman–Crippen MR) is 138 cm³/mol. The van der Waals surface area contributed by atoms with Crippen LogP contribution in [-0.2, 0) is 22.3 Å². The third kappa shape index (κ3) is 6.38. The molecule has 4 bridgehead atoms. The first-order chi connectivity index (χ1) is 17.7. The first-order valence-corrected chi connectivity index (χ1v) is 13.8. The zero-order valence-corrected chi connectivity index (χ0v) is 23.5. The molecule has 2 aromatic heterocycles. The second-order valence-electron chi connectivity index (χ2n) is 13.8. The van der Waals surface area contributed by atoms with E-state index in [-0.39, 0.29) is 11.8 Å². The molecule has 0 aliphatic heterocycles. The van der Waals surface area contributed by atoms with E-state index < -0.39 is 29.4 Å². The Morgan fingerprint density at radius 1 is 1.05 bits per heavy atom. The van der Waals surface area contributed by atoms with Gasteiger partial charge in [0.15, 0.2) is 5.82 Å². The van der Waals surface area contributed by atoms with E-state index in [1.807, 2.05) is 0 Å². The zero-order valence-electron chi connectivity index (χ0n) is 23.5. The van der Waals surface area contributed by atoms with Gasteiger partial charge in [0, 0.05) is 19.0 Å². The van der Waals surface area contributed by atoms with E-state index in [1.54, 1.807) is 47.7 Å². The maximum absolute atomic E-state index is 12.7. The summed E-state index contributed by atoms with van der Waals surface area (Å²) in [7, 11) is 0. The molecule has 10 heteroatoms. The normalized spacial score (nSPS) is 27.3. The molecule has 4 aliphatic carbocycles. The SMILES string of the molecule is CC(C)(C)OC(=O)N[C@@H](Cc1cn(C(=O)OC(C)(C)C)cn1)c1nc(CC23CC4CC(CC(C4)C2)C3)no1. The molecular weight excluding hydrogens is 486 g/mol. The van der Waals surface area contributed by atoms with E-state index in [0.717, 1.165) is 24.2 Å². The molecule has 2 aromatic rings. The number of rotatable bonds is 6. The van der Waals surface area contributed by atoms with Crippen LogP contribution >= 0.6 is 0 Å². The Hall–Kier alpha value is -2.91. The quantitative estimate of drug-likeness (QED) is 0.514. The monoisotopic (exact) mass is 527 g/mol. The molecule has 4 fully saturated rings. The van der Waals surface area contributed by atoms with Crippen LogP contribution in [-0.4, -0.2) is 43.1 Å². The average Bonchev–Trinajstić information content (AvgIpc) is 3.39. The van der Waals surface area contributed by atoms with Gasteiger partial charge < -0.3 is 19.3 Å². The summed E-state index contributed by atoms with van der Waals surface area (Å²) in [5.41, 5.74) is -0.446. The number of amides is 1. The first kappa shape index (κ1) is 26.7. The summed E-state index contributed by atoms with van der Waals surface area (Å²) in [6.45, 7) is 10.8. The highest BCUT2D eigenvalue weighted by Gasteiger charge is 2.51. The lowest BCUT2D eigenvalue weighted by atomic mass is 9.49. The highest BCUT2D eigenvalue weighted by atomic mass is 16.6. The van der Waals surface area contributed by atoms with Gasteiger partial charge in [0.2, 0.25) is 5.89 Å². The number of alkyl carbamates (subject to hydrolysis) is 1. The van der Waals surface area contributed by atoms with Crippen molar-refractivity contribution in [1.82, 2.24) is 25.0 Å². The summed E-state index contributed by atoms with van der Waals surface area (Å²) in [5, 5.41) is 7.20. The molecule has 4 saturated carbocycles. The lowest BCUT2D eigenvalue weighted by Crippen LogP contribution is -2.47. The maximum atomic E-state index is 12.7. The molecule has 0 radical (unpaired) electrons. The lowest BCUT2D eigenvalue weighted by molar-refractivity contribution is -0.0533. The summed E-state index contributed by atoms with van der Waals surface area (Å²) in [4.78, 5) is 34.2. The van der Waals surface area contributed by atoms with Crippen molar-refractivity contribution in [3.63, 3.8) is 0 Å². The first-order valence-electron chi connectivity index (χ1n) is 13.8. The molecule has 0 unspecified atom stereocenters. The number of nitrogens with zero attached hydrogens (tertiary/aromatic N) is 4. The number of carbonyl (C=O) groups excluding carboxylic acids is 2. The molecule has 1 atom stereocenters. The van der Waals surface area contributed by atoms with E-state index >= 15 is 0 Å². The number of ether oxygens (including phenoxy) is 2. The van der Waals surface area contributed by atoms with Gasteiger partial charge in [-0.2, -0.15) is 4.98 Å². The molecule has 10 nitrogen and oxygen atoms in total. The van der Waals surface area contributed by atoms with Crippen molar-refractivity contribution in [1.29, 1.82) is 0 Å². The van der Waals surface area contributed by atoms with Crippen LogP contribution in [0, 0.1) is 23.2 Å². The van der Waals surface area contributed by atoms with Crippen molar-refractivity contribution >= 4 is 12.2 Å². The Labute approximate surface area is 224 Å². The van der Waals surface area contributed by atoms with Gasteiger partial charge in [-0.1, -0.05) is 5.16 Å². The van der Waals surface area contributed by atoms with E-state index in [4.69, 9.17) is 19.0 Å². The molecular formula is C28H41N5O5. The van der Waals surface area contributed by atoms with Gasteiger partial charge in [-0.05, 0) is 103 Å². The molecule has 38 heavy (non-hydrogen) atoms. The van der Waals surface area contributed by atoms with Crippen LogP contribution in [0.25, 0.3) is 0 Å². The smallest absolute Gasteiger partial charge is 0.419 e. The van der Waals surface area contributed by atoms with E-state index in [9.17, 15) is 9.59 Å². The fourth-order valence-electron chi connectivity index (χ4n) is 7.07. The molecule has 2 heterocycles. The fraction of sp³-hybridized carbons (Fsp3) is 0.750. The average molecular weight is 528 g/mol. The molecule has 0 aromatic carbocycles. The highest BCUT2D eigenvalue weighted by Crippen LogP contribution is 2.60. The third-order valence-electron chi connectivity index (χ3n) is 7.82. The Balaban J connectivity index is 1.32. The predicted octanol–water partition coefficient (Wildman–Crippen LogP) is 5.62. The van der Waals surface area contributed by atoms with Crippen LogP contribution in [0.4, 0.5) is 9.59 Å². The van der Waals surface area contributed by atoms with Crippen LogP contribution in [0.2, 0.25) is 0 Å². The minimum atomic E-state index is -0.663. The van der Waals surface area contributed by atoms with Gasteiger partial charge in [0.1, 0.15) is 23.6 Å². The molecule has 0 saturated heterocycles. The number of hydrogen-bond acceptors (Lipinski definition) is 8. The van der Waals surface area contributed by atoms with Gasteiger partial charge in [-0.3, -0.25) is 0 Å². The lowest BCUT2D eigenvalue weighted by Gasteiger charge is -2.56. The molecule has 0 spiro atoms.